The summed E-state index contributed by atoms with van der Waals surface area (Å²) in [6.45, 7) is 5.05. The van der Waals surface area contributed by atoms with Crippen LogP contribution in [0.2, 0.25) is 0 Å². The third-order valence-electron chi connectivity index (χ3n) is 2.88. The summed E-state index contributed by atoms with van der Waals surface area (Å²) in [6, 6.07) is 6.15. The van der Waals surface area contributed by atoms with Crippen molar-refractivity contribution in [2.24, 2.45) is 0 Å². The largest absolute Gasteiger partial charge is 0.496 e. The zero-order valence-corrected chi connectivity index (χ0v) is 11.3. The zero-order chi connectivity index (χ0) is 13.5. The molecule has 0 saturated heterocycles. The molecule has 0 aromatic heterocycles. The van der Waals surface area contributed by atoms with E-state index in [1.807, 2.05) is 6.07 Å². The van der Waals surface area contributed by atoms with Crippen molar-refractivity contribution in [1.29, 1.82) is 0 Å². The highest BCUT2D eigenvalue weighted by atomic mass is 16.5. The highest BCUT2D eigenvalue weighted by molar-refractivity contribution is 5.38. The van der Waals surface area contributed by atoms with E-state index in [1.165, 1.54) is 5.56 Å². The van der Waals surface area contributed by atoms with Crippen LogP contribution in [0.25, 0.3) is 0 Å². The molecule has 4 nitrogen and oxygen atoms in total. The van der Waals surface area contributed by atoms with Crippen LogP contribution in [-0.2, 0) is 6.54 Å². The molecule has 0 heterocycles. The molecule has 0 radical (unpaired) electrons. The third kappa shape index (κ3) is 4.29. The van der Waals surface area contributed by atoms with Crippen LogP contribution < -0.4 is 10.1 Å². The van der Waals surface area contributed by atoms with Crippen molar-refractivity contribution >= 4 is 0 Å². The molecule has 0 fully saturated rings. The van der Waals surface area contributed by atoms with Crippen LogP contribution >= 0.6 is 0 Å². The minimum absolute atomic E-state index is 0.226. The molecule has 1 atom stereocenters. The van der Waals surface area contributed by atoms with Gasteiger partial charge in [0.1, 0.15) is 5.75 Å². The highest BCUT2D eigenvalue weighted by Crippen LogP contribution is 2.23. The summed E-state index contributed by atoms with van der Waals surface area (Å²) >= 11 is 0. The Bertz CT molecular complexity index is 366. The molecular formula is C14H23NO3. The first-order valence-corrected chi connectivity index (χ1v) is 6.25. The lowest BCUT2D eigenvalue weighted by molar-refractivity contribution is 0.0942. The van der Waals surface area contributed by atoms with Crippen LogP contribution in [0.5, 0.6) is 5.75 Å². The van der Waals surface area contributed by atoms with Gasteiger partial charge in [-0.3, -0.25) is 0 Å². The summed E-state index contributed by atoms with van der Waals surface area (Å²) in [6.07, 6.45) is -0.718. The lowest BCUT2D eigenvalue weighted by Gasteiger charge is -2.14. The first-order valence-electron chi connectivity index (χ1n) is 6.25. The standard InChI is InChI=1S/C14H23NO3/c1-10(2)11-4-5-14(18-3)12(6-11)7-15-8-13(17)9-16/h4-6,10,13,15-17H,7-9H2,1-3H3. The van der Waals surface area contributed by atoms with Gasteiger partial charge in [0.2, 0.25) is 0 Å². The maximum Gasteiger partial charge on any atom is 0.123 e. The predicted octanol–water partition coefficient (Wildman–Crippen LogP) is 1.26. The van der Waals surface area contributed by atoms with Crippen LogP contribution in [0.3, 0.4) is 0 Å². The summed E-state index contributed by atoms with van der Waals surface area (Å²) < 4.78 is 5.31. The van der Waals surface area contributed by atoms with Crippen molar-refractivity contribution in [3.63, 3.8) is 0 Å². The van der Waals surface area contributed by atoms with Gasteiger partial charge in [0.15, 0.2) is 0 Å². The van der Waals surface area contributed by atoms with Gasteiger partial charge in [0.25, 0.3) is 0 Å². The molecule has 1 aromatic rings. The summed E-state index contributed by atoms with van der Waals surface area (Å²) in [5.74, 6) is 1.31. The van der Waals surface area contributed by atoms with E-state index >= 15 is 0 Å². The van der Waals surface area contributed by atoms with E-state index in [4.69, 9.17) is 9.84 Å². The molecule has 0 aliphatic carbocycles. The van der Waals surface area contributed by atoms with Crippen LogP contribution in [0.15, 0.2) is 18.2 Å². The normalized spacial score (nSPS) is 12.8. The maximum absolute atomic E-state index is 9.26. The van der Waals surface area contributed by atoms with Crippen LogP contribution in [-0.4, -0.2) is 36.6 Å². The molecular weight excluding hydrogens is 230 g/mol. The van der Waals surface area contributed by atoms with E-state index in [0.717, 1.165) is 11.3 Å². The van der Waals surface area contributed by atoms with E-state index in [-0.39, 0.29) is 6.61 Å². The van der Waals surface area contributed by atoms with Gasteiger partial charge in [-0.25, -0.2) is 0 Å². The van der Waals surface area contributed by atoms with E-state index in [9.17, 15) is 5.11 Å². The lowest BCUT2D eigenvalue weighted by Crippen LogP contribution is -2.29. The Balaban J connectivity index is 2.69. The first kappa shape index (κ1) is 15.0. The number of aliphatic hydroxyl groups excluding tert-OH is 2. The second-order valence-corrected chi connectivity index (χ2v) is 4.69. The molecule has 0 saturated carbocycles. The Morgan fingerprint density at radius 2 is 2.06 bits per heavy atom. The molecule has 4 heteroatoms. The fourth-order valence-electron chi connectivity index (χ4n) is 1.73. The zero-order valence-electron chi connectivity index (χ0n) is 11.3. The van der Waals surface area contributed by atoms with Gasteiger partial charge in [-0.1, -0.05) is 26.0 Å². The first-order chi connectivity index (χ1) is 8.58. The quantitative estimate of drug-likeness (QED) is 0.684. The van der Waals surface area contributed by atoms with Gasteiger partial charge in [-0.15, -0.1) is 0 Å². The molecule has 0 aliphatic rings. The number of aliphatic hydroxyl groups is 2. The average Bonchev–Trinajstić information content (AvgIpc) is 2.38. The number of hydrogen-bond donors (Lipinski definition) is 3. The van der Waals surface area contributed by atoms with E-state index in [0.29, 0.717) is 19.0 Å². The molecule has 0 amide bonds. The number of methoxy groups -OCH3 is 1. The monoisotopic (exact) mass is 253 g/mol. The number of ether oxygens (including phenoxy) is 1. The van der Waals surface area contributed by atoms with Gasteiger partial charge < -0.3 is 20.3 Å². The molecule has 3 N–H and O–H groups in total. The maximum atomic E-state index is 9.26. The Morgan fingerprint density at radius 1 is 1.33 bits per heavy atom. The smallest absolute Gasteiger partial charge is 0.123 e. The Morgan fingerprint density at radius 3 is 2.61 bits per heavy atom. The van der Waals surface area contributed by atoms with Gasteiger partial charge >= 0.3 is 0 Å². The van der Waals surface area contributed by atoms with Gasteiger partial charge in [0.05, 0.1) is 19.8 Å². The fraction of sp³-hybridized carbons (Fsp3) is 0.571. The van der Waals surface area contributed by atoms with E-state index < -0.39 is 6.10 Å². The second-order valence-electron chi connectivity index (χ2n) is 4.69. The third-order valence-corrected chi connectivity index (χ3v) is 2.88. The van der Waals surface area contributed by atoms with Crippen LogP contribution in [0, 0.1) is 0 Å². The summed E-state index contributed by atoms with van der Waals surface area (Å²) in [4.78, 5) is 0. The highest BCUT2D eigenvalue weighted by Gasteiger charge is 2.07. The minimum Gasteiger partial charge on any atom is -0.496 e. The summed E-state index contributed by atoms with van der Waals surface area (Å²) in [5.41, 5.74) is 2.32. The minimum atomic E-state index is -0.718. The number of nitrogens with one attached hydrogen (secondary N) is 1. The van der Waals surface area contributed by atoms with Gasteiger partial charge in [0, 0.05) is 18.7 Å². The number of rotatable bonds is 7. The van der Waals surface area contributed by atoms with Gasteiger partial charge in [-0.05, 0) is 17.5 Å². The molecule has 18 heavy (non-hydrogen) atoms. The van der Waals surface area contributed by atoms with Crippen molar-refractivity contribution in [2.75, 3.05) is 20.3 Å². The number of benzene rings is 1. The fourth-order valence-corrected chi connectivity index (χ4v) is 1.73. The molecule has 1 aromatic carbocycles. The van der Waals surface area contributed by atoms with E-state index in [1.54, 1.807) is 7.11 Å². The predicted molar refractivity (Wildman–Crippen MR) is 71.9 cm³/mol. The Hall–Kier alpha value is -1.10. The lowest BCUT2D eigenvalue weighted by atomic mass is 10.00. The summed E-state index contributed by atoms with van der Waals surface area (Å²) in [7, 11) is 1.65. The van der Waals surface area contributed by atoms with Crippen molar-refractivity contribution in [3.8, 4) is 5.75 Å². The topological polar surface area (TPSA) is 61.7 Å². The molecule has 102 valence electrons. The van der Waals surface area contributed by atoms with Crippen LogP contribution in [0.1, 0.15) is 30.9 Å². The van der Waals surface area contributed by atoms with Crippen molar-refractivity contribution in [3.05, 3.63) is 29.3 Å². The second kappa shape index (κ2) is 7.36. The molecule has 1 rings (SSSR count). The summed E-state index contributed by atoms with van der Waals surface area (Å²) in [5, 5.41) is 21.1. The van der Waals surface area contributed by atoms with Crippen molar-refractivity contribution in [1.82, 2.24) is 5.32 Å². The molecule has 0 spiro atoms. The van der Waals surface area contributed by atoms with Crippen LogP contribution in [0.4, 0.5) is 0 Å². The Labute approximate surface area is 109 Å². The Kier molecular flexibility index (Phi) is 6.12. The molecule has 0 aliphatic heterocycles. The van der Waals surface area contributed by atoms with Crippen molar-refractivity contribution in [2.45, 2.75) is 32.4 Å². The van der Waals surface area contributed by atoms with Crippen molar-refractivity contribution < 1.29 is 14.9 Å². The molecule has 0 bridgehead atoms. The number of hydrogen-bond acceptors (Lipinski definition) is 4. The average molecular weight is 253 g/mol. The SMILES string of the molecule is COc1ccc(C(C)C)cc1CNCC(O)CO. The molecule has 1 unspecified atom stereocenters. The van der Waals surface area contributed by atoms with E-state index in [2.05, 4.69) is 31.3 Å². The van der Waals surface area contributed by atoms with Gasteiger partial charge in [-0.2, -0.15) is 0 Å².